The van der Waals surface area contributed by atoms with E-state index in [2.05, 4.69) is 0 Å². The average Bonchev–Trinajstić information content (AvgIpc) is 2.80. The molecule has 2 saturated heterocycles. The summed E-state index contributed by atoms with van der Waals surface area (Å²) in [5.74, 6) is -2.76. The minimum atomic E-state index is -1.18. The second kappa shape index (κ2) is 9.62. The number of hydrogen-bond acceptors (Lipinski definition) is 5. The van der Waals surface area contributed by atoms with Gasteiger partial charge in [0.1, 0.15) is 17.4 Å². The summed E-state index contributed by atoms with van der Waals surface area (Å²) in [7, 11) is 0. The van der Waals surface area contributed by atoms with Crippen LogP contribution >= 0.6 is 0 Å². The minimum Gasteiger partial charge on any atom is -0.484 e. The van der Waals surface area contributed by atoms with Crippen molar-refractivity contribution in [3.8, 4) is 5.75 Å². The number of carbonyl (C=O) groups is 2. The molecule has 0 radical (unpaired) electrons. The van der Waals surface area contributed by atoms with Crippen LogP contribution in [-0.4, -0.2) is 73.4 Å². The number of halogens is 2. The molecule has 2 aromatic carbocycles. The van der Waals surface area contributed by atoms with Gasteiger partial charge in [0.2, 0.25) is 11.7 Å². The summed E-state index contributed by atoms with van der Waals surface area (Å²) in [5.41, 5.74) is -0.266. The van der Waals surface area contributed by atoms with Gasteiger partial charge in [0, 0.05) is 18.7 Å². The predicted octanol–water partition coefficient (Wildman–Crippen LogP) is 2.00. The average molecular weight is 446 g/mol. The zero-order valence-electron chi connectivity index (χ0n) is 17.5. The van der Waals surface area contributed by atoms with E-state index in [4.69, 9.17) is 14.2 Å². The van der Waals surface area contributed by atoms with Gasteiger partial charge >= 0.3 is 0 Å². The van der Waals surface area contributed by atoms with Crippen LogP contribution in [0.3, 0.4) is 0 Å². The van der Waals surface area contributed by atoms with Gasteiger partial charge in [-0.1, -0.05) is 24.3 Å². The van der Waals surface area contributed by atoms with Crippen LogP contribution in [0.25, 0.3) is 0 Å². The first-order valence-corrected chi connectivity index (χ1v) is 10.4. The number of benzene rings is 2. The number of carbonyl (C=O) groups excluding carboxylic acids is 2. The molecule has 2 aliphatic heterocycles. The lowest BCUT2D eigenvalue weighted by molar-refractivity contribution is -0.287. The Kier molecular flexibility index (Phi) is 6.66. The number of para-hydroxylation sites is 1. The molecule has 0 bridgehead atoms. The Balaban J connectivity index is 1.37. The monoisotopic (exact) mass is 446 g/mol. The third-order valence-corrected chi connectivity index (χ3v) is 5.52. The third-order valence-electron chi connectivity index (χ3n) is 5.52. The fourth-order valence-corrected chi connectivity index (χ4v) is 3.84. The number of nitrogens with zero attached hydrogens (tertiary/aromatic N) is 2. The van der Waals surface area contributed by atoms with Gasteiger partial charge in [-0.25, -0.2) is 8.78 Å². The number of rotatable bonds is 5. The van der Waals surface area contributed by atoms with Crippen molar-refractivity contribution >= 4 is 11.8 Å². The van der Waals surface area contributed by atoms with E-state index in [-0.39, 0.29) is 50.9 Å². The predicted molar refractivity (Wildman–Crippen MR) is 110 cm³/mol. The molecule has 1 unspecified atom stereocenters. The smallest absolute Gasteiger partial charge is 0.260 e. The Morgan fingerprint density at radius 3 is 2.09 bits per heavy atom. The van der Waals surface area contributed by atoms with Crippen LogP contribution in [0.2, 0.25) is 0 Å². The van der Waals surface area contributed by atoms with Gasteiger partial charge in [0.25, 0.3) is 5.91 Å². The van der Waals surface area contributed by atoms with Gasteiger partial charge in [-0.3, -0.25) is 9.59 Å². The van der Waals surface area contributed by atoms with Gasteiger partial charge in [-0.05, 0) is 24.3 Å². The second-order valence-corrected chi connectivity index (χ2v) is 7.72. The van der Waals surface area contributed by atoms with Crippen LogP contribution < -0.4 is 4.74 Å². The molecule has 9 heteroatoms. The van der Waals surface area contributed by atoms with Gasteiger partial charge in [0.05, 0.1) is 32.7 Å². The fraction of sp³-hybridized carbons (Fsp3) is 0.391. The summed E-state index contributed by atoms with van der Waals surface area (Å²) in [6.45, 7) is 1.12. The van der Waals surface area contributed by atoms with E-state index in [1.54, 1.807) is 17.0 Å². The number of hydrogen-bond donors (Lipinski definition) is 0. The van der Waals surface area contributed by atoms with Gasteiger partial charge in [-0.15, -0.1) is 0 Å². The zero-order chi connectivity index (χ0) is 22.6. The Labute approximate surface area is 184 Å². The summed E-state index contributed by atoms with van der Waals surface area (Å²) in [6, 6.07) is 12.5. The van der Waals surface area contributed by atoms with Crippen molar-refractivity contribution in [3.05, 3.63) is 65.7 Å². The molecule has 2 fully saturated rings. The maximum atomic E-state index is 13.9. The van der Waals surface area contributed by atoms with E-state index in [1.807, 2.05) is 18.2 Å². The number of amides is 2. The van der Waals surface area contributed by atoms with Crippen LogP contribution in [0.1, 0.15) is 5.56 Å². The molecule has 0 aromatic heterocycles. The highest BCUT2D eigenvalue weighted by atomic mass is 19.1. The highest BCUT2D eigenvalue weighted by molar-refractivity contribution is 5.79. The maximum Gasteiger partial charge on any atom is 0.260 e. The zero-order valence-corrected chi connectivity index (χ0v) is 17.5. The van der Waals surface area contributed by atoms with Crippen LogP contribution in [0.15, 0.2) is 48.5 Å². The molecule has 2 heterocycles. The van der Waals surface area contributed by atoms with E-state index >= 15 is 0 Å². The SMILES string of the molecule is O=C(COc1ccccc1)N1CCOC2(C1)CN(C(=O)Cc1c(F)cccc1F)CCO2. The van der Waals surface area contributed by atoms with Crippen molar-refractivity contribution in [2.45, 2.75) is 12.2 Å². The Bertz CT molecular complexity index is 950. The third kappa shape index (κ3) is 5.05. The molecule has 0 N–H and O–H groups in total. The minimum absolute atomic E-state index is 0.0607. The standard InChI is InChI=1S/C23H24F2N2O5/c24-19-7-4-8-20(25)18(19)13-21(28)26-9-11-31-23(15-26)16-27(10-12-32-23)22(29)14-30-17-5-2-1-3-6-17/h1-8H,9-16H2. The molecule has 1 spiro atoms. The van der Waals surface area contributed by atoms with Crippen molar-refractivity contribution in [2.24, 2.45) is 0 Å². The molecule has 170 valence electrons. The van der Waals surface area contributed by atoms with Crippen LogP contribution in [-0.2, 0) is 25.5 Å². The molecular formula is C23H24F2N2O5. The summed E-state index contributed by atoms with van der Waals surface area (Å²) >= 11 is 0. The molecule has 32 heavy (non-hydrogen) atoms. The van der Waals surface area contributed by atoms with Crippen LogP contribution in [0.4, 0.5) is 8.78 Å². The molecular weight excluding hydrogens is 422 g/mol. The molecule has 4 rings (SSSR count). The summed E-state index contributed by atoms with van der Waals surface area (Å²) < 4.78 is 45.1. The van der Waals surface area contributed by atoms with Gasteiger partial charge < -0.3 is 24.0 Å². The van der Waals surface area contributed by atoms with Gasteiger partial charge in [0.15, 0.2) is 6.61 Å². The Morgan fingerprint density at radius 2 is 1.47 bits per heavy atom. The Morgan fingerprint density at radius 1 is 0.875 bits per heavy atom. The quantitative estimate of drug-likeness (QED) is 0.703. The first kappa shape index (κ1) is 22.2. The van der Waals surface area contributed by atoms with E-state index in [0.29, 0.717) is 12.3 Å². The van der Waals surface area contributed by atoms with Crippen LogP contribution in [0.5, 0.6) is 5.75 Å². The molecule has 7 nitrogen and oxygen atoms in total. The van der Waals surface area contributed by atoms with Crippen molar-refractivity contribution < 1.29 is 32.6 Å². The highest BCUT2D eigenvalue weighted by Crippen LogP contribution is 2.26. The maximum absolute atomic E-state index is 13.9. The number of morpholine rings is 2. The molecule has 1 atom stereocenters. The topological polar surface area (TPSA) is 68.3 Å². The lowest BCUT2D eigenvalue weighted by Gasteiger charge is -2.47. The van der Waals surface area contributed by atoms with E-state index in [1.165, 1.54) is 11.0 Å². The van der Waals surface area contributed by atoms with E-state index < -0.39 is 29.7 Å². The second-order valence-electron chi connectivity index (χ2n) is 7.72. The molecule has 0 aliphatic carbocycles. The molecule has 2 aromatic rings. The fourth-order valence-electron chi connectivity index (χ4n) is 3.84. The first-order chi connectivity index (χ1) is 15.5. The van der Waals surface area contributed by atoms with E-state index in [9.17, 15) is 18.4 Å². The number of ether oxygens (including phenoxy) is 3. The van der Waals surface area contributed by atoms with Gasteiger partial charge in [-0.2, -0.15) is 0 Å². The molecule has 2 aliphatic rings. The summed E-state index contributed by atoms with van der Waals surface area (Å²) in [5, 5.41) is 0. The van der Waals surface area contributed by atoms with E-state index in [0.717, 1.165) is 12.1 Å². The van der Waals surface area contributed by atoms with Crippen molar-refractivity contribution in [2.75, 3.05) is 46.0 Å². The largest absolute Gasteiger partial charge is 0.484 e. The highest BCUT2D eigenvalue weighted by Gasteiger charge is 2.44. The van der Waals surface area contributed by atoms with Crippen molar-refractivity contribution in [1.29, 1.82) is 0 Å². The van der Waals surface area contributed by atoms with Crippen molar-refractivity contribution in [3.63, 3.8) is 0 Å². The Hall–Kier alpha value is -3.04. The lowest BCUT2D eigenvalue weighted by Crippen LogP contribution is -2.64. The summed E-state index contributed by atoms with van der Waals surface area (Å²) in [4.78, 5) is 28.5. The summed E-state index contributed by atoms with van der Waals surface area (Å²) in [6.07, 6.45) is -0.401. The first-order valence-electron chi connectivity index (χ1n) is 10.4. The molecule has 0 saturated carbocycles. The normalized spacial score (nSPS) is 20.9. The molecule has 2 amide bonds. The van der Waals surface area contributed by atoms with Crippen molar-refractivity contribution in [1.82, 2.24) is 9.80 Å². The van der Waals surface area contributed by atoms with Crippen LogP contribution in [0, 0.1) is 11.6 Å². The lowest BCUT2D eigenvalue weighted by atomic mass is 10.1.